The molecule has 3 heterocycles. The zero-order valence-corrected chi connectivity index (χ0v) is 15.6. The number of fused-ring (bicyclic) bond motifs is 2. The van der Waals surface area contributed by atoms with E-state index in [1.165, 1.54) is 15.6 Å². The van der Waals surface area contributed by atoms with Crippen molar-refractivity contribution in [1.82, 2.24) is 9.36 Å². The first-order valence-electron chi connectivity index (χ1n) is 8.23. The summed E-state index contributed by atoms with van der Waals surface area (Å²) in [5.41, 5.74) is 0.738. The van der Waals surface area contributed by atoms with Crippen molar-refractivity contribution in [3.05, 3.63) is 32.7 Å². The molecule has 0 spiro atoms. The molecule has 4 rings (SSSR count). The van der Waals surface area contributed by atoms with Gasteiger partial charge in [-0.2, -0.15) is 5.26 Å². The third-order valence-electron chi connectivity index (χ3n) is 4.56. The number of aromatic nitrogens is 2. The van der Waals surface area contributed by atoms with Gasteiger partial charge < -0.3 is 9.47 Å². The Balaban J connectivity index is 1.91. The van der Waals surface area contributed by atoms with Crippen molar-refractivity contribution < 1.29 is 14.3 Å². The van der Waals surface area contributed by atoms with Crippen LogP contribution in [0.25, 0.3) is 11.1 Å². The zero-order chi connectivity index (χ0) is 19.1. The lowest BCUT2D eigenvalue weighted by atomic mass is 10.1. The third-order valence-corrected chi connectivity index (χ3v) is 5.25. The van der Waals surface area contributed by atoms with Gasteiger partial charge in [0.15, 0.2) is 6.61 Å². The fourth-order valence-electron chi connectivity index (χ4n) is 3.29. The molecule has 0 radical (unpaired) electrons. The Hall–Kier alpha value is -2.47. The second-order valence-electron chi connectivity index (χ2n) is 6.06. The van der Waals surface area contributed by atoms with E-state index < -0.39 is 0 Å². The molecule has 0 N–H and O–H groups in total. The molecule has 0 aliphatic carbocycles. The predicted molar refractivity (Wildman–Crippen MR) is 98.4 cm³/mol. The van der Waals surface area contributed by atoms with E-state index in [-0.39, 0.29) is 40.4 Å². The fourth-order valence-corrected chi connectivity index (χ4v) is 3.90. The Morgan fingerprint density at radius 2 is 1.89 bits per heavy atom. The van der Waals surface area contributed by atoms with E-state index >= 15 is 0 Å². The van der Waals surface area contributed by atoms with Crippen LogP contribution in [-0.4, -0.2) is 41.6 Å². The quantitative estimate of drug-likeness (QED) is 0.707. The highest BCUT2D eigenvalue weighted by molar-refractivity contribution is 6.36. The maximum atomic E-state index is 13.0. The summed E-state index contributed by atoms with van der Waals surface area (Å²) in [5.74, 6) is 0.0361. The number of hydrogen-bond donors (Lipinski definition) is 0. The van der Waals surface area contributed by atoms with Crippen molar-refractivity contribution in [3.8, 4) is 22.9 Å². The summed E-state index contributed by atoms with van der Waals surface area (Å²) in [6.07, 6.45) is 0. The second-order valence-corrected chi connectivity index (χ2v) is 6.82. The molecule has 140 valence electrons. The summed E-state index contributed by atoms with van der Waals surface area (Å²) < 4.78 is 14.0. The van der Waals surface area contributed by atoms with Crippen LogP contribution in [-0.2, 0) is 22.6 Å². The molecule has 27 heavy (non-hydrogen) atoms. The SMILES string of the molecule is N#CCN1C(=O)COc2cc(Cl)c(-c3c(Cl)n4n(c3=O)CCOCC4)cc21. The minimum absolute atomic E-state index is 0.132. The van der Waals surface area contributed by atoms with Gasteiger partial charge in [0.05, 0.1) is 48.6 Å². The fraction of sp³-hybridized carbons (Fsp3) is 0.353. The van der Waals surface area contributed by atoms with Crippen LogP contribution in [0.15, 0.2) is 16.9 Å². The topological polar surface area (TPSA) is 89.5 Å². The predicted octanol–water partition coefficient (Wildman–Crippen LogP) is 1.90. The molecule has 2 aliphatic heterocycles. The van der Waals surface area contributed by atoms with E-state index in [0.717, 1.165) is 0 Å². The van der Waals surface area contributed by atoms with Crippen LogP contribution in [0.5, 0.6) is 5.75 Å². The summed E-state index contributed by atoms with van der Waals surface area (Å²) >= 11 is 12.9. The van der Waals surface area contributed by atoms with Gasteiger partial charge in [0.1, 0.15) is 17.4 Å². The van der Waals surface area contributed by atoms with Gasteiger partial charge in [0.25, 0.3) is 11.5 Å². The van der Waals surface area contributed by atoms with E-state index in [1.807, 2.05) is 6.07 Å². The molecular weight excluding hydrogens is 395 g/mol. The second kappa shape index (κ2) is 6.93. The summed E-state index contributed by atoms with van der Waals surface area (Å²) in [6, 6.07) is 5.07. The monoisotopic (exact) mass is 408 g/mol. The largest absolute Gasteiger partial charge is 0.482 e. The number of nitriles is 1. The standard InChI is InChI=1S/C17H14Cl2N4O4/c18-11-8-13-12(21(2-1-20)14(24)9-27-13)7-10(11)15-16(19)22-3-5-26-6-4-23(22)17(15)25/h7-8H,2-6,9H2. The van der Waals surface area contributed by atoms with E-state index in [9.17, 15) is 9.59 Å². The molecule has 0 saturated heterocycles. The van der Waals surface area contributed by atoms with Gasteiger partial charge in [0, 0.05) is 11.6 Å². The minimum atomic E-state index is -0.343. The lowest BCUT2D eigenvalue weighted by Gasteiger charge is -2.28. The van der Waals surface area contributed by atoms with Crippen molar-refractivity contribution in [1.29, 1.82) is 5.26 Å². The van der Waals surface area contributed by atoms with Crippen LogP contribution in [0.4, 0.5) is 5.69 Å². The normalized spacial score (nSPS) is 16.2. The highest BCUT2D eigenvalue weighted by Crippen LogP contribution is 2.41. The van der Waals surface area contributed by atoms with Crippen LogP contribution >= 0.6 is 23.2 Å². The number of carbonyl (C=O) groups excluding carboxylic acids is 1. The van der Waals surface area contributed by atoms with Crippen molar-refractivity contribution >= 4 is 34.8 Å². The number of ether oxygens (including phenoxy) is 2. The number of carbonyl (C=O) groups is 1. The lowest BCUT2D eigenvalue weighted by molar-refractivity contribution is -0.121. The van der Waals surface area contributed by atoms with Gasteiger partial charge in [-0.15, -0.1) is 0 Å². The van der Waals surface area contributed by atoms with Gasteiger partial charge in [-0.05, 0) is 6.07 Å². The first-order chi connectivity index (χ1) is 13.0. The Labute approximate surface area is 164 Å². The smallest absolute Gasteiger partial charge is 0.276 e. The number of halogens is 2. The van der Waals surface area contributed by atoms with Crippen LogP contribution in [0, 0.1) is 11.3 Å². The minimum Gasteiger partial charge on any atom is -0.482 e. The van der Waals surface area contributed by atoms with Crippen molar-refractivity contribution in [2.24, 2.45) is 0 Å². The molecule has 1 aromatic heterocycles. The molecule has 0 atom stereocenters. The van der Waals surface area contributed by atoms with Crippen LogP contribution in [0.2, 0.25) is 10.2 Å². The van der Waals surface area contributed by atoms with Gasteiger partial charge in [-0.25, -0.2) is 4.68 Å². The summed E-state index contributed by atoms with van der Waals surface area (Å²) in [7, 11) is 0. The molecule has 10 heteroatoms. The number of benzene rings is 1. The van der Waals surface area contributed by atoms with Gasteiger partial charge in [-0.3, -0.25) is 19.2 Å². The first kappa shape index (κ1) is 17.9. The van der Waals surface area contributed by atoms with Gasteiger partial charge >= 0.3 is 0 Å². The van der Waals surface area contributed by atoms with Crippen LogP contribution < -0.4 is 15.2 Å². The molecule has 2 aliphatic rings. The molecule has 0 fully saturated rings. The first-order valence-corrected chi connectivity index (χ1v) is 8.99. The highest BCUT2D eigenvalue weighted by atomic mass is 35.5. The zero-order valence-electron chi connectivity index (χ0n) is 14.1. The molecule has 0 saturated carbocycles. The third kappa shape index (κ3) is 2.88. The maximum Gasteiger partial charge on any atom is 0.276 e. The van der Waals surface area contributed by atoms with Crippen LogP contribution in [0.1, 0.15) is 0 Å². The van der Waals surface area contributed by atoms with Crippen molar-refractivity contribution in [2.45, 2.75) is 13.1 Å². The molecule has 1 aromatic carbocycles. The summed E-state index contributed by atoms with van der Waals surface area (Å²) in [5, 5.41) is 9.55. The summed E-state index contributed by atoms with van der Waals surface area (Å²) in [6.45, 7) is 1.38. The lowest BCUT2D eigenvalue weighted by Crippen LogP contribution is -2.39. The Kier molecular flexibility index (Phi) is 4.60. The van der Waals surface area contributed by atoms with E-state index in [1.54, 1.807) is 10.7 Å². The number of anilines is 1. The van der Waals surface area contributed by atoms with E-state index in [2.05, 4.69) is 0 Å². The Bertz CT molecular complexity index is 1040. The molecular formula is C17H14Cl2N4O4. The van der Waals surface area contributed by atoms with Crippen molar-refractivity contribution in [2.75, 3.05) is 31.3 Å². The molecule has 0 unspecified atom stereocenters. The number of rotatable bonds is 2. The van der Waals surface area contributed by atoms with E-state index in [0.29, 0.717) is 43.3 Å². The average molecular weight is 409 g/mol. The van der Waals surface area contributed by atoms with Gasteiger partial charge in [-0.1, -0.05) is 23.2 Å². The van der Waals surface area contributed by atoms with Crippen LogP contribution in [0.3, 0.4) is 0 Å². The molecule has 8 nitrogen and oxygen atoms in total. The van der Waals surface area contributed by atoms with E-state index in [4.69, 9.17) is 37.9 Å². The van der Waals surface area contributed by atoms with Gasteiger partial charge in [0.2, 0.25) is 0 Å². The number of nitrogens with zero attached hydrogens (tertiary/aromatic N) is 4. The van der Waals surface area contributed by atoms with Crippen molar-refractivity contribution in [3.63, 3.8) is 0 Å². The number of amides is 1. The molecule has 1 amide bonds. The Morgan fingerprint density at radius 3 is 2.63 bits per heavy atom. The highest BCUT2D eigenvalue weighted by Gasteiger charge is 2.29. The Morgan fingerprint density at radius 1 is 1.15 bits per heavy atom. The molecule has 0 bridgehead atoms. The average Bonchev–Trinajstić information content (AvgIpc) is 2.83. The summed E-state index contributed by atoms with van der Waals surface area (Å²) in [4.78, 5) is 26.4. The molecule has 2 aromatic rings. The number of hydrogen-bond acceptors (Lipinski definition) is 5. The maximum absolute atomic E-state index is 13.0.